The van der Waals surface area contributed by atoms with Gasteiger partial charge in [0.25, 0.3) is 0 Å². The van der Waals surface area contributed by atoms with E-state index in [2.05, 4.69) is 105 Å². The summed E-state index contributed by atoms with van der Waals surface area (Å²) in [5, 5.41) is 3.52. The van der Waals surface area contributed by atoms with E-state index in [4.69, 9.17) is 19.7 Å². The number of ether oxygens (including phenoxy) is 1. The molecule has 7 rings (SSSR count). The van der Waals surface area contributed by atoms with E-state index < -0.39 is 0 Å². The van der Waals surface area contributed by atoms with Crippen molar-refractivity contribution in [3.63, 3.8) is 0 Å². The van der Waals surface area contributed by atoms with E-state index in [1.807, 2.05) is 6.33 Å². The maximum absolute atomic E-state index is 6.17. The summed E-state index contributed by atoms with van der Waals surface area (Å²) in [4.78, 5) is 19.8. The maximum atomic E-state index is 6.17. The van der Waals surface area contributed by atoms with E-state index in [0.29, 0.717) is 19.0 Å². The fourth-order valence-electron chi connectivity index (χ4n) is 6.18. The average molecular weight is 576 g/mol. The van der Waals surface area contributed by atoms with Gasteiger partial charge < -0.3 is 19.9 Å². The number of piperidine rings is 1. The third-order valence-electron chi connectivity index (χ3n) is 8.45. The highest BCUT2D eigenvalue weighted by molar-refractivity contribution is 5.85. The molecule has 8 nitrogen and oxygen atoms in total. The second kappa shape index (κ2) is 12.8. The summed E-state index contributed by atoms with van der Waals surface area (Å²) >= 11 is 0. The number of imidazole rings is 1. The van der Waals surface area contributed by atoms with E-state index in [1.165, 1.54) is 36.1 Å². The Kier molecular flexibility index (Phi) is 8.18. The highest BCUT2D eigenvalue weighted by atomic mass is 16.5. The van der Waals surface area contributed by atoms with Gasteiger partial charge in [-0.05, 0) is 73.9 Å². The lowest BCUT2D eigenvalue weighted by molar-refractivity contribution is -0.0298. The summed E-state index contributed by atoms with van der Waals surface area (Å²) in [5.41, 5.74) is 6.23. The SMILES string of the molecule is [HH].c1ccc(CN(Cc2ccccc2)c2nc(Nc3ccc(N4CCCCC4)cc3)nc3c2ncn3C2CCCCO2)cc1. The van der Waals surface area contributed by atoms with Gasteiger partial charge in [-0.15, -0.1) is 0 Å². The monoisotopic (exact) mass is 575 g/mol. The number of fused-ring (bicyclic) bond motifs is 1. The first-order chi connectivity index (χ1) is 21.3. The van der Waals surface area contributed by atoms with Gasteiger partial charge in [0.05, 0.1) is 6.33 Å². The van der Waals surface area contributed by atoms with Gasteiger partial charge in [-0.1, -0.05) is 60.7 Å². The molecule has 222 valence electrons. The number of nitrogens with zero attached hydrogens (tertiary/aromatic N) is 6. The molecule has 0 spiro atoms. The number of hydrogen-bond donors (Lipinski definition) is 1. The summed E-state index contributed by atoms with van der Waals surface area (Å²) in [7, 11) is 0. The molecule has 0 amide bonds. The summed E-state index contributed by atoms with van der Waals surface area (Å²) in [6.07, 6.45) is 8.81. The molecule has 1 atom stereocenters. The standard InChI is InChI=1S/C35H39N7O.H2/c1-4-12-27(13-5-1)24-41(25-28-14-6-2-7-15-28)33-32-34(42(26-36-32)31-16-8-11-23-43-31)39-35(38-33)37-29-17-19-30(20-18-29)40-21-9-3-10-22-40;/h1-2,4-7,12-15,17-20,26,31H,3,8-11,16,21-25H2,(H,37,38,39);1H. The summed E-state index contributed by atoms with van der Waals surface area (Å²) in [6.45, 7) is 4.39. The fraction of sp³-hybridized carbons (Fsp3) is 0.343. The zero-order chi connectivity index (χ0) is 28.8. The van der Waals surface area contributed by atoms with E-state index >= 15 is 0 Å². The molecule has 0 radical (unpaired) electrons. The van der Waals surface area contributed by atoms with Crippen molar-refractivity contribution in [2.24, 2.45) is 0 Å². The second-order valence-electron chi connectivity index (χ2n) is 11.6. The van der Waals surface area contributed by atoms with E-state index in [0.717, 1.165) is 61.6 Å². The quantitative estimate of drug-likeness (QED) is 0.193. The van der Waals surface area contributed by atoms with Gasteiger partial charge in [-0.3, -0.25) is 4.57 Å². The molecule has 3 aromatic carbocycles. The zero-order valence-electron chi connectivity index (χ0n) is 24.6. The molecule has 2 saturated heterocycles. The molecule has 2 fully saturated rings. The predicted octanol–water partition coefficient (Wildman–Crippen LogP) is 7.71. The molecule has 4 heterocycles. The van der Waals surface area contributed by atoms with Crippen LogP contribution in [0.4, 0.5) is 23.1 Å². The molecule has 8 heteroatoms. The van der Waals surface area contributed by atoms with E-state index in [-0.39, 0.29) is 7.65 Å². The first kappa shape index (κ1) is 27.4. The van der Waals surface area contributed by atoms with Gasteiger partial charge in [-0.2, -0.15) is 9.97 Å². The highest BCUT2D eigenvalue weighted by Crippen LogP contribution is 2.32. The largest absolute Gasteiger partial charge is 0.372 e. The minimum atomic E-state index is -0.0742. The van der Waals surface area contributed by atoms with Crippen LogP contribution in [0, 0.1) is 0 Å². The Morgan fingerprint density at radius 3 is 2.14 bits per heavy atom. The zero-order valence-corrected chi connectivity index (χ0v) is 24.6. The Balaban J connectivity index is 0.00000343. The lowest BCUT2D eigenvalue weighted by atomic mass is 10.1. The van der Waals surface area contributed by atoms with Crippen LogP contribution in [0.5, 0.6) is 0 Å². The fourth-order valence-corrected chi connectivity index (χ4v) is 6.18. The number of anilines is 4. The first-order valence-electron chi connectivity index (χ1n) is 15.6. The molecule has 2 aromatic heterocycles. The van der Waals surface area contributed by atoms with Gasteiger partial charge in [0.2, 0.25) is 5.95 Å². The third-order valence-corrected chi connectivity index (χ3v) is 8.45. The molecule has 1 unspecified atom stereocenters. The molecular weight excluding hydrogens is 534 g/mol. The molecule has 0 aliphatic carbocycles. The molecule has 0 bridgehead atoms. The van der Waals surface area contributed by atoms with Crippen LogP contribution in [0.1, 0.15) is 57.3 Å². The van der Waals surface area contributed by atoms with Crippen molar-refractivity contribution in [1.82, 2.24) is 19.5 Å². The first-order valence-corrected chi connectivity index (χ1v) is 15.6. The van der Waals surface area contributed by atoms with E-state index in [1.54, 1.807) is 0 Å². The Labute approximate surface area is 254 Å². The van der Waals surface area contributed by atoms with Crippen molar-refractivity contribution in [2.45, 2.75) is 57.8 Å². The Morgan fingerprint density at radius 1 is 0.791 bits per heavy atom. The predicted molar refractivity (Wildman–Crippen MR) is 175 cm³/mol. The number of rotatable bonds is 9. The Morgan fingerprint density at radius 2 is 1.49 bits per heavy atom. The van der Waals surface area contributed by atoms with Crippen LogP contribution in [0.2, 0.25) is 0 Å². The smallest absolute Gasteiger partial charge is 0.231 e. The second-order valence-corrected chi connectivity index (χ2v) is 11.6. The van der Waals surface area contributed by atoms with Crippen molar-refractivity contribution >= 4 is 34.3 Å². The van der Waals surface area contributed by atoms with Crippen LogP contribution in [0.25, 0.3) is 11.2 Å². The van der Waals surface area contributed by atoms with Crippen molar-refractivity contribution in [2.75, 3.05) is 34.8 Å². The molecule has 5 aromatic rings. The van der Waals surface area contributed by atoms with Crippen molar-refractivity contribution < 1.29 is 6.16 Å². The molecule has 43 heavy (non-hydrogen) atoms. The number of hydrogen-bond acceptors (Lipinski definition) is 7. The number of nitrogens with one attached hydrogen (secondary N) is 1. The van der Waals surface area contributed by atoms with Crippen LogP contribution in [0.15, 0.2) is 91.3 Å². The molecule has 2 aliphatic rings. The average Bonchev–Trinajstić information content (AvgIpc) is 3.50. The number of aromatic nitrogens is 4. The minimum absolute atomic E-state index is 0. The van der Waals surface area contributed by atoms with Crippen molar-refractivity contribution in [1.29, 1.82) is 0 Å². The number of benzene rings is 3. The van der Waals surface area contributed by atoms with Crippen LogP contribution >= 0.6 is 0 Å². The van der Waals surface area contributed by atoms with Gasteiger partial charge in [0, 0.05) is 45.6 Å². The van der Waals surface area contributed by atoms with Gasteiger partial charge in [0.15, 0.2) is 17.0 Å². The molecular formula is C35H41N7O. The summed E-state index contributed by atoms with van der Waals surface area (Å²) < 4.78 is 8.27. The van der Waals surface area contributed by atoms with Crippen LogP contribution in [-0.2, 0) is 17.8 Å². The highest BCUT2D eigenvalue weighted by Gasteiger charge is 2.24. The van der Waals surface area contributed by atoms with Gasteiger partial charge >= 0.3 is 0 Å². The normalized spacial score (nSPS) is 17.2. The Hall–Kier alpha value is -4.43. The maximum Gasteiger partial charge on any atom is 0.231 e. The molecule has 0 saturated carbocycles. The summed E-state index contributed by atoms with van der Waals surface area (Å²) in [5.74, 6) is 1.36. The van der Waals surface area contributed by atoms with Crippen LogP contribution in [0.3, 0.4) is 0 Å². The molecule has 2 aliphatic heterocycles. The van der Waals surface area contributed by atoms with Crippen molar-refractivity contribution in [3.05, 3.63) is 102 Å². The summed E-state index contributed by atoms with van der Waals surface area (Å²) in [6, 6.07) is 29.7. The third kappa shape index (κ3) is 6.34. The minimum Gasteiger partial charge on any atom is -0.372 e. The van der Waals surface area contributed by atoms with Gasteiger partial charge in [-0.25, -0.2) is 4.98 Å². The van der Waals surface area contributed by atoms with Crippen LogP contribution in [-0.4, -0.2) is 39.2 Å². The topological polar surface area (TPSA) is 71.3 Å². The Bertz CT molecular complexity index is 1570. The lowest BCUT2D eigenvalue weighted by Gasteiger charge is -2.29. The van der Waals surface area contributed by atoms with Crippen LogP contribution < -0.4 is 15.1 Å². The van der Waals surface area contributed by atoms with E-state index in [9.17, 15) is 0 Å². The lowest BCUT2D eigenvalue weighted by Crippen LogP contribution is -2.29. The van der Waals surface area contributed by atoms with Gasteiger partial charge in [0.1, 0.15) is 6.23 Å². The van der Waals surface area contributed by atoms with Crippen molar-refractivity contribution in [3.8, 4) is 0 Å². The molecule has 1 N–H and O–H groups in total.